The van der Waals surface area contributed by atoms with Crippen LogP contribution in [0.3, 0.4) is 0 Å². The monoisotopic (exact) mass is 510 g/mol. The molecule has 3 N–H and O–H groups in total. The van der Waals surface area contributed by atoms with E-state index in [1.165, 1.54) is 6.42 Å². The second-order valence-electron chi connectivity index (χ2n) is 6.45. The minimum atomic E-state index is -3.24. The lowest BCUT2D eigenvalue weighted by Crippen LogP contribution is -2.42. The van der Waals surface area contributed by atoms with Crippen molar-refractivity contribution in [2.24, 2.45) is 10.9 Å². The fourth-order valence-corrected chi connectivity index (χ4v) is 3.77. The van der Waals surface area contributed by atoms with Gasteiger partial charge in [0.1, 0.15) is 5.75 Å². The highest BCUT2D eigenvalue weighted by molar-refractivity contribution is 14.0. The van der Waals surface area contributed by atoms with E-state index >= 15 is 0 Å². The molecule has 0 atom stereocenters. The number of nitrogens with one attached hydrogen (secondary N) is 3. The number of sulfonamides is 1. The lowest BCUT2D eigenvalue weighted by molar-refractivity contribution is 0.316. The van der Waals surface area contributed by atoms with Gasteiger partial charge in [0.25, 0.3) is 0 Å². The molecule has 0 saturated heterocycles. The zero-order chi connectivity index (χ0) is 18.8. The van der Waals surface area contributed by atoms with E-state index in [1.807, 2.05) is 24.3 Å². The topological polar surface area (TPSA) is 91.8 Å². The summed E-state index contributed by atoms with van der Waals surface area (Å²) in [5.74, 6) is 2.00. The maximum atomic E-state index is 12.0. The summed E-state index contributed by atoms with van der Waals surface area (Å²) < 4.78 is 32.0. The molecule has 0 bridgehead atoms. The average Bonchev–Trinajstić information content (AvgIpc) is 2.59. The standard InChI is InChI=1S/C18H30N4O3S.HI/c1-19-18(20-11-10-16-8-3-4-9-17(16)25-2)21-12-13-26(23,24)22-14-15-6-5-7-15;/h3-4,8-9,15,22H,5-7,10-14H2,1-2H3,(H2,19,20,21);1H. The molecule has 1 aromatic carbocycles. The van der Waals surface area contributed by atoms with E-state index in [0.717, 1.165) is 30.6 Å². The van der Waals surface area contributed by atoms with E-state index in [4.69, 9.17) is 4.74 Å². The maximum Gasteiger partial charge on any atom is 0.213 e. The smallest absolute Gasteiger partial charge is 0.213 e. The third-order valence-corrected chi connectivity index (χ3v) is 5.93. The molecule has 1 aromatic rings. The van der Waals surface area contributed by atoms with Crippen LogP contribution in [0.4, 0.5) is 0 Å². The first kappa shape index (κ1) is 24.0. The molecular weight excluding hydrogens is 479 g/mol. The molecule has 2 rings (SSSR count). The Morgan fingerprint density at radius 1 is 1.22 bits per heavy atom. The van der Waals surface area contributed by atoms with Crippen LogP contribution in [-0.4, -0.2) is 53.9 Å². The summed E-state index contributed by atoms with van der Waals surface area (Å²) in [4.78, 5) is 4.13. The molecule has 1 aliphatic carbocycles. The molecule has 1 aliphatic rings. The van der Waals surface area contributed by atoms with Gasteiger partial charge in [0.15, 0.2) is 5.96 Å². The molecule has 1 saturated carbocycles. The number of halogens is 1. The number of hydrogen-bond donors (Lipinski definition) is 3. The molecule has 1 fully saturated rings. The fraction of sp³-hybridized carbons (Fsp3) is 0.611. The van der Waals surface area contributed by atoms with Crippen molar-refractivity contribution in [3.8, 4) is 5.75 Å². The van der Waals surface area contributed by atoms with Gasteiger partial charge in [0.05, 0.1) is 12.9 Å². The highest BCUT2D eigenvalue weighted by Gasteiger charge is 2.20. The van der Waals surface area contributed by atoms with Gasteiger partial charge in [-0.2, -0.15) is 0 Å². The molecule has 27 heavy (non-hydrogen) atoms. The predicted molar refractivity (Wildman–Crippen MR) is 121 cm³/mol. The van der Waals surface area contributed by atoms with Gasteiger partial charge in [-0.05, 0) is 36.8 Å². The van der Waals surface area contributed by atoms with Crippen LogP contribution in [0.25, 0.3) is 0 Å². The number of nitrogens with zero attached hydrogens (tertiary/aromatic N) is 1. The van der Waals surface area contributed by atoms with Crippen molar-refractivity contribution >= 4 is 40.0 Å². The first-order valence-corrected chi connectivity index (χ1v) is 10.7. The summed E-state index contributed by atoms with van der Waals surface area (Å²) in [6, 6.07) is 7.88. The van der Waals surface area contributed by atoms with Crippen molar-refractivity contribution in [2.75, 3.05) is 39.5 Å². The van der Waals surface area contributed by atoms with E-state index in [0.29, 0.717) is 31.5 Å². The molecule has 154 valence electrons. The van der Waals surface area contributed by atoms with Gasteiger partial charge in [-0.1, -0.05) is 24.6 Å². The Morgan fingerprint density at radius 3 is 2.56 bits per heavy atom. The Hall–Kier alpha value is -1.07. The molecule has 0 amide bonds. The first-order valence-electron chi connectivity index (χ1n) is 9.08. The SMILES string of the molecule is CN=C(NCCc1ccccc1OC)NCCS(=O)(=O)NCC1CCC1.I. The van der Waals surface area contributed by atoms with Crippen molar-refractivity contribution in [3.05, 3.63) is 29.8 Å². The zero-order valence-electron chi connectivity index (χ0n) is 16.0. The summed E-state index contributed by atoms with van der Waals surface area (Å²) in [7, 11) is 0.0863. The lowest BCUT2D eigenvalue weighted by atomic mass is 9.86. The van der Waals surface area contributed by atoms with Gasteiger partial charge in [-0.25, -0.2) is 13.1 Å². The molecule has 0 heterocycles. The second kappa shape index (κ2) is 12.4. The summed E-state index contributed by atoms with van der Waals surface area (Å²) >= 11 is 0. The molecule has 0 spiro atoms. The van der Waals surface area contributed by atoms with Crippen molar-refractivity contribution in [1.29, 1.82) is 0 Å². The van der Waals surface area contributed by atoms with Crippen LogP contribution in [0.5, 0.6) is 5.75 Å². The number of guanidine groups is 1. The second-order valence-corrected chi connectivity index (χ2v) is 8.38. The van der Waals surface area contributed by atoms with Crippen LogP contribution in [0.1, 0.15) is 24.8 Å². The number of benzene rings is 1. The van der Waals surface area contributed by atoms with Crippen molar-refractivity contribution < 1.29 is 13.2 Å². The van der Waals surface area contributed by atoms with Gasteiger partial charge in [-0.15, -0.1) is 24.0 Å². The lowest BCUT2D eigenvalue weighted by Gasteiger charge is -2.25. The maximum absolute atomic E-state index is 12.0. The number of para-hydroxylation sites is 1. The van der Waals surface area contributed by atoms with Crippen molar-refractivity contribution in [3.63, 3.8) is 0 Å². The fourth-order valence-electron chi connectivity index (χ4n) is 2.76. The van der Waals surface area contributed by atoms with Crippen LogP contribution in [0, 0.1) is 5.92 Å². The summed E-state index contributed by atoms with van der Waals surface area (Å²) in [6.07, 6.45) is 4.25. The third-order valence-electron chi connectivity index (χ3n) is 4.58. The number of ether oxygens (including phenoxy) is 1. The van der Waals surface area contributed by atoms with E-state index in [1.54, 1.807) is 14.2 Å². The minimum absolute atomic E-state index is 0. The number of methoxy groups -OCH3 is 1. The van der Waals surface area contributed by atoms with E-state index in [-0.39, 0.29) is 29.7 Å². The summed E-state index contributed by atoms with van der Waals surface area (Å²) in [5, 5.41) is 6.24. The summed E-state index contributed by atoms with van der Waals surface area (Å²) in [5.41, 5.74) is 1.11. The Labute approximate surface area is 179 Å². The van der Waals surface area contributed by atoms with Crippen molar-refractivity contribution in [2.45, 2.75) is 25.7 Å². The summed E-state index contributed by atoms with van der Waals surface area (Å²) in [6.45, 7) is 1.55. The average molecular weight is 510 g/mol. The zero-order valence-corrected chi connectivity index (χ0v) is 19.2. The molecule has 0 radical (unpaired) electrons. The first-order chi connectivity index (χ1) is 12.5. The minimum Gasteiger partial charge on any atom is -0.496 e. The van der Waals surface area contributed by atoms with Gasteiger partial charge in [0.2, 0.25) is 10.0 Å². The van der Waals surface area contributed by atoms with Crippen LogP contribution < -0.4 is 20.1 Å². The molecule has 9 heteroatoms. The number of hydrogen-bond acceptors (Lipinski definition) is 4. The van der Waals surface area contributed by atoms with Gasteiger partial charge < -0.3 is 15.4 Å². The Balaban J connectivity index is 0.00000364. The highest BCUT2D eigenvalue weighted by Crippen LogP contribution is 2.25. The van der Waals surface area contributed by atoms with Crippen LogP contribution in [-0.2, 0) is 16.4 Å². The van der Waals surface area contributed by atoms with E-state index in [2.05, 4.69) is 20.3 Å². The predicted octanol–water partition coefficient (Wildman–Crippen LogP) is 1.74. The van der Waals surface area contributed by atoms with Gasteiger partial charge >= 0.3 is 0 Å². The Morgan fingerprint density at radius 2 is 1.93 bits per heavy atom. The largest absolute Gasteiger partial charge is 0.496 e. The Bertz CT molecular complexity index is 694. The molecule has 7 nitrogen and oxygen atoms in total. The number of aliphatic imine (C=N–C) groups is 1. The third kappa shape index (κ3) is 8.65. The highest BCUT2D eigenvalue weighted by atomic mass is 127. The molecule has 0 unspecified atom stereocenters. The van der Waals surface area contributed by atoms with Crippen LogP contribution in [0.2, 0.25) is 0 Å². The van der Waals surface area contributed by atoms with E-state index < -0.39 is 10.0 Å². The number of rotatable bonds is 10. The normalized spacial score (nSPS) is 14.8. The molecule has 0 aromatic heterocycles. The Kier molecular flexibility index (Phi) is 11.0. The quantitative estimate of drug-likeness (QED) is 0.254. The van der Waals surface area contributed by atoms with Crippen LogP contribution in [0.15, 0.2) is 29.3 Å². The van der Waals surface area contributed by atoms with E-state index in [9.17, 15) is 8.42 Å². The van der Waals surface area contributed by atoms with Crippen LogP contribution >= 0.6 is 24.0 Å². The van der Waals surface area contributed by atoms with Gasteiger partial charge in [-0.3, -0.25) is 4.99 Å². The van der Waals surface area contributed by atoms with Crippen molar-refractivity contribution in [1.82, 2.24) is 15.4 Å². The van der Waals surface area contributed by atoms with Gasteiger partial charge in [0, 0.05) is 26.7 Å². The molecule has 0 aliphatic heterocycles. The molecular formula is C18H31IN4O3S.